The number of benzene rings is 2. The summed E-state index contributed by atoms with van der Waals surface area (Å²) in [5.41, 5.74) is 7.41. The number of halogens is 1. The molecule has 0 radical (unpaired) electrons. The first kappa shape index (κ1) is 18.1. The van der Waals surface area contributed by atoms with E-state index in [4.69, 9.17) is 11.6 Å². The number of Topliss-reactive ketones (excluding diaryl/α,β-unsaturated/α-hetero) is 1. The lowest BCUT2D eigenvalue weighted by molar-refractivity contribution is -0.118. The Bertz CT molecular complexity index is 957. The molecular weight excluding hydrogens is 356 g/mol. The van der Waals surface area contributed by atoms with E-state index in [1.807, 2.05) is 24.3 Å². The molecule has 1 atom stereocenters. The second kappa shape index (κ2) is 6.42. The van der Waals surface area contributed by atoms with E-state index < -0.39 is 0 Å². The van der Waals surface area contributed by atoms with Gasteiger partial charge >= 0.3 is 0 Å². The zero-order valence-electron chi connectivity index (χ0n) is 16.2. The van der Waals surface area contributed by atoms with E-state index in [0.29, 0.717) is 11.4 Å². The van der Waals surface area contributed by atoms with Gasteiger partial charge < -0.3 is 10.6 Å². The topological polar surface area (TPSA) is 41.1 Å². The van der Waals surface area contributed by atoms with Crippen molar-refractivity contribution in [2.75, 3.05) is 10.6 Å². The van der Waals surface area contributed by atoms with Gasteiger partial charge in [0.25, 0.3) is 0 Å². The highest BCUT2D eigenvalue weighted by atomic mass is 35.5. The Hall–Kier alpha value is -2.26. The summed E-state index contributed by atoms with van der Waals surface area (Å²) in [7, 11) is 0. The van der Waals surface area contributed by atoms with Gasteiger partial charge in [-0.05, 0) is 66.6 Å². The molecule has 0 bridgehead atoms. The van der Waals surface area contributed by atoms with E-state index in [2.05, 4.69) is 50.5 Å². The van der Waals surface area contributed by atoms with Crippen LogP contribution in [0.2, 0.25) is 5.02 Å². The summed E-state index contributed by atoms with van der Waals surface area (Å²) < 4.78 is 0. The Kier molecular flexibility index (Phi) is 4.31. The molecule has 2 aromatic carbocycles. The maximum Gasteiger partial charge on any atom is 0.163 e. The molecule has 2 aromatic rings. The lowest BCUT2D eigenvalue weighted by atomic mass is 9.73. The molecule has 0 saturated carbocycles. The third-order valence-corrected chi connectivity index (χ3v) is 5.88. The molecule has 0 spiro atoms. The first-order valence-corrected chi connectivity index (χ1v) is 9.78. The SMILES string of the molecule is Cc1cc2c(cc1C)N[C@@H](c1ccc(Cl)cc1)C1=C(CC(C)(C)CC1=O)N2. The summed E-state index contributed by atoms with van der Waals surface area (Å²) in [4.78, 5) is 13.2. The number of fused-ring (bicyclic) bond motifs is 1. The molecule has 2 aliphatic rings. The first-order valence-electron chi connectivity index (χ1n) is 9.40. The Morgan fingerprint density at radius 2 is 1.63 bits per heavy atom. The highest BCUT2D eigenvalue weighted by molar-refractivity contribution is 6.30. The van der Waals surface area contributed by atoms with Crippen molar-refractivity contribution in [3.05, 3.63) is 69.4 Å². The summed E-state index contributed by atoms with van der Waals surface area (Å²) in [5.74, 6) is 0.211. The molecule has 140 valence electrons. The van der Waals surface area contributed by atoms with Gasteiger partial charge in [-0.2, -0.15) is 0 Å². The van der Waals surface area contributed by atoms with Gasteiger partial charge in [-0.1, -0.05) is 37.6 Å². The van der Waals surface area contributed by atoms with Gasteiger partial charge in [-0.3, -0.25) is 4.79 Å². The number of ketones is 1. The predicted molar refractivity (Wildman–Crippen MR) is 112 cm³/mol. The van der Waals surface area contributed by atoms with Crippen LogP contribution in [0.15, 0.2) is 47.7 Å². The molecule has 2 N–H and O–H groups in total. The van der Waals surface area contributed by atoms with Gasteiger partial charge in [0.05, 0.1) is 17.4 Å². The van der Waals surface area contributed by atoms with Crippen LogP contribution in [-0.2, 0) is 4.79 Å². The highest BCUT2D eigenvalue weighted by Gasteiger charge is 2.38. The van der Waals surface area contributed by atoms with E-state index in [9.17, 15) is 4.79 Å². The minimum atomic E-state index is -0.184. The molecule has 0 amide bonds. The number of hydrogen-bond donors (Lipinski definition) is 2. The number of aryl methyl sites for hydroxylation is 2. The zero-order valence-corrected chi connectivity index (χ0v) is 17.0. The van der Waals surface area contributed by atoms with Gasteiger partial charge in [0.2, 0.25) is 0 Å². The van der Waals surface area contributed by atoms with Crippen molar-refractivity contribution in [2.45, 2.75) is 46.6 Å². The molecular formula is C23H25ClN2O. The second-order valence-corrected chi connectivity index (χ2v) is 9.01. The van der Waals surface area contributed by atoms with Crippen molar-refractivity contribution in [3.8, 4) is 0 Å². The minimum Gasteiger partial charge on any atom is -0.372 e. The van der Waals surface area contributed by atoms with E-state index in [1.165, 1.54) is 11.1 Å². The fraction of sp³-hybridized carbons (Fsp3) is 0.348. The number of nitrogens with one attached hydrogen (secondary N) is 2. The molecule has 4 heteroatoms. The third kappa shape index (κ3) is 3.37. The number of rotatable bonds is 1. The van der Waals surface area contributed by atoms with Crippen LogP contribution in [0.4, 0.5) is 11.4 Å². The Balaban J connectivity index is 1.90. The highest BCUT2D eigenvalue weighted by Crippen LogP contribution is 2.45. The fourth-order valence-corrected chi connectivity index (χ4v) is 4.24. The van der Waals surface area contributed by atoms with Crippen molar-refractivity contribution < 1.29 is 4.79 Å². The van der Waals surface area contributed by atoms with Crippen LogP contribution in [-0.4, -0.2) is 5.78 Å². The lowest BCUT2D eigenvalue weighted by Crippen LogP contribution is -2.31. The van der Waals surface area contributed by atoms with E-state index >= 15 is 0 Å². The standard InChI is InChI=1S/C23H25ClN2O/c1-13-9-17-18(10-14(13)2)26-22(15-5-7-16(24)8-6-15)21-19(25-17)11-23(3,4)12-20(21)27/h5-10,22,25-26H,11-12H2,1-4H3/t22-/m0/s1. The molecule has 1 aliphatic heterocycles. The van der Waals surface area contributed by atoms with Crippen LogP contribution >= 0.6 is 11.6 Å². The average molecular weight is 381 g/mol. The van der Waals surface area contributed by atoms with Crippen LogP contribution in [0.5, 0.6) is 0 Å². The summed E-state index contributed by atoms with van der Waals surface area (Å²) in [6, 6.07) is 11.9. The van der Waals surface area contributed by atoms with E-state index in [-0.39, 0.29) is 17.2 Å². The molecule has 0 saturated heterocycles. The zero-order chi connectivity index (χ0) is 19.3. The summed E-state index contributed by atoms with van der Waals surface area (Å²) >= 11 is 6.09. The van der Waals surface area contributed by atoms with Crippen LogP contribution in [0.3, 0.4) is 0 Å². The van der Waals surface area contributed by atoms with Crippen molar-refractivity contribution in [1.29, 1.82) is 0 Å². The van der Waals surface area contributed by atoms with Gasteiger partial charge in [-0.25, -0.2) is 0 Å². The largest absolute Gasteiger partial charge is 0.372 e. The molecule has 0 unspecified atom stereocenters. The minimum absolute atomic E-state index is 0.0439. The molecule has 1 aliphatic carbocycles. The quantitative estimate of drug-likeness (QED) is 0.620. The van der Waals surface area contributed by atoms with E-state index in [0.717, 1.165) is 34.6 Å². The number of carbonyl (C=O) groups excluding carboxylic acids is 1. The normalized spacial score (nSPS) is 20.9. The van der Waals surface area contributed by atoms with Crippen molar-refractivity contribution >= 4 is 28.8 Å². The van der Waals surface area contributed by atoms with E-state index in [1.54, 1.807) is 0 Å². The van der Waals surface area contributed by atoms with Gasteiger partial charge in [0, 0.05) is 22.7 Å². The molecule has 0 aromatic heterocycles. The average Bonchev–Trinajstić information content (AvgIpc) is 2.71. The van der Waals surface area contributed by atoms with Crippen LogP contribution in [0, 0.1) is 19.3 Å². The van der Waals surface area contributed by atoms with Crippen molar-refractivity contribution in [3.63, 3.8) is 0 Å². The van der Waals surface area contributed by atoms with Crippen LogP contribution in [0.1, 0.15) is 49.4 Å². The molecule has 3 nitrogen and oxygen atoms in total. The van der Waals surface area contributed by atoms with Crippen LogP contribution < -0.4 is 10.6 Å². The fourth-order valence-electron chi connectivity index (χ4n) is 4.12. The number of allylic oxidation sites excluding steroid dienone is 1. The maximum atomic E-state index is 13.2. The molecule has 0 fully saturated rings. The van der Waals surface area contributed by atoms with Crippen LogP contribution in [0.25, 0.3) is 0 Å². The summed E-state index contributed by atoms with van der Waals surface area (Å²) in [6.07, 6.45) is 1.42. The Morgan fingerprint density at radius 3 is 2.30 bits per heavy atom. The first-order chi connectivity index (χ1) is 12.7. The second-order valence-electron chi connectivity index (χ2n) is 8.57. The third-order valence-electron chi connectivity index (χ3n) is 5.63. The summed E-state index contributed by atoms with van der Waals surface area (Å²) in [5, 5.41) is 7.93. The molecule has 27 heavy (non-hydrogen) atoms. The Labute approximate surface area is 165 Å². The molecule has 1 heterocycles. The summed E-state index contributed by atoms with van der Waals surface area (Å²) in [6.45, 7) is 8.55. The monoisotopic (exact) mass is 380 g/mol. The van der Waals surface area contributed by atoms with Gasteiger partial charge in [-0.15, -0.1) is 0 Å². The van der Waals surface area contributed by atoms with Crippen molar-refractivity contribution in [1.82, 2.24) is 0 Å². The van der Waals surface area contributed by atoms with Gasteiger partial charge in [0.1, 0.15) is 0 Å². The number of carbonyl (C=O) groups is 1. The molecule has 4 rings (SSSR count). The lowest BCUT2D eigenvalue weighted by Gasteiger charge is -2.34. The number of hydrogen-bond acceptors (Lipinski definition) is 3. The predicted octanol–water partition coefficient (Wildman–Crippen LogP) is 6.18. The van der Waals surface area contributed by atoms with Gasteiger partial charge in [0.15, 0.2) is 5.78 Å². The number of anilines is 2. The Morgan fingerprint density at radius 1 is 1.00 bits per heavy atom. The van der Waals surface area contributed by atoms with Crippen molar-refractivity contribution in [2.24, 2.45) is 5.41 Å². The smallest absolute Gasteiger partial charge is 0.163 e. The maximum absolute atomic E-state index is 13.2.